The summed E-state index contributed by atoms with van der Waals surface area (Å²) in [4.78, 5) is 17.0. The van der Waals surface area contributed by atoms with Crippen molar-refractivity contribution in [2.24, 2.45) is 0 Å². The van der Waals surface area contributed by atoms with Gasteiger partial charge in [0.15, 0.2) is 0 Å². The first-order chi connectivity index (χ1) is 15.2. The van der Waals surface area contributed by atoms with Gasteiger partial charge in [0, 0.05) is 44.8 Å². The molecule has 0 spiro atoms. The molecule has 0 saturated carbocycles. The van der Waals surface area contributed by atoms with Gasteiger partial charge in [-0.1, -0.05) is 30.3 Å². The number of furan rings is 1. The molecule has 1 N–H and O–H groups in total. The standard InChI is InChI=1S/C25H28FN3O2/c26-21-9-11-22(12-10-21)28-14-16-29(17-15-28)23(24-7-4-18-31-24)19-27-25(30)13-8-20-5-2-1-3-6-20/h1-7,9-12,18,23H,8,13-17,19H2,(H,27,30). The fraction of sp³-hybridized carbons (Fsp3) is 0.320. The predicted molar refractivity (Wildman–Crippen MR) is 119 cm³/mol. The lowest BCUT2D eigenvalue weighted by atomic mass is 10.1. The summed E-state index contributed by atoms with van der Waals surface area (Å²) in [5.74, 6) is 0.687. The van der Waals surface area contributed by atoms with Gasteiger partial charge in [-0.2, -0.15) is 0 Å². The number of hydrogen-bond donors (Lipinski definition) is 1. The van der Waals surface area contributed by atoms with Crippen LogP contribution in [0, 0.1) is 5.82 Å². The molecular formula is C25H28FN3O2. The molecule has 1 saturated heterocycles. The number of carbonyl (C=O) groups excluding carboxylic acids is 1. The van der Waals surface area contributed by atoms with Crippen LogP contribution in [-0.2, 0) is 11.2 Å². The molecule has 1 aromatic heterocycles. The van der Waals surface area contributed by atoms with Crippen LogP contribution in [0.1, 0.15) is 23.8 Å². The third kappa shape index (κ3) is 5.73. The Morgan fingerprint density at radius 2 is 1.71 bits per heavy atom. The Morgan fingerprint density at radius 1 is 0.968 bits per heavy atom. The first-order valence-electron chi connectivity index (χ1n) is 10.8. The van der Waals surface area contributed by atoms with E-state index in [1.807, 2.05) is 54.6 Å². The molecule has 1 aliphatic rings. The molecular weight excluding hydrogens is 393 g/mol. The average Bonchev–Trinajstić information content (AvgIpc) is 3.34. The van der Waals surface area contributed by atoms with Crippen molar-refractivity contribution in [3.05, 3.63) is 90.1 Å². The first kappa shape index (κ1) is 21.1. The third-order valence-electron chi connectivity index (χ3n) is 5.79. The van der Waals surface area contributed by atoms with E-state index < -0.39 is 0 Å². The van der Waals surface area contributed by atoms with Crippen molar-refractivity contribution in [3.8, 4) is 0 Å². The molecule has 6 heteroatoms. The third-order valence-corrected chi connectivity index (χ3v) is 5.79. The highest BCUT2D eigenvalue weighted by molar-refractivity contribution is 5.76. The van der Waals surface area contributed by atoms with Crippen LogP contribution in [0.2, 0.25) is 0 Å². The number of carbonyl (C=O) groups is 1. The number of benzene rings is 2. The zero-order chi connectivity index (χ0) is 21.5. The number of nitrogens with one attached hydrogen (secondary N) is 1. The van der Waals surface area contributed by atoms with Gasteiger partial charge in [-0.25, -0.2) is 4.39 Å². The van der Waals surface area contributed by atoms with Crippen molar-refractivity contribution in [2.45, 2.75) is 18.9 Å². The van der Waals surface area contributed by atoms with Crippen molar-refractivity contribution in [2.75, 3.05) is 37.6 Å². The molecule has 1 amide bonds. The normalized spacial score (nSPS) is 15.6. The van der Waals surface area contributed by atoms with Gasteiger partial charge in [-0.15, -0.1) is 0 Å². The Balaban J connectivity index is 1.32. The van der Waals surface area contributed by atoms with E-state index in [9.17, 15) is 9.18 Å². The minimum absolute atomic E-state index is 0.00829. The molecule has 3 aromatic rings. The van der Waals surface area contributed by atoms with Gasteiger partial charge in [0.1, 0.15) is 11.6 Å². The van der Waals surface area contributed by atoms with Crippen LogP contribution < -0.4 is 10.2 Å². The van der Waals surface area contributed by atoms with Crippen LogP contribution in [0.3, 0.4) is 0 Å². The Kier molecular flexibility index (Phi) is 6.99. The maximum absolute atomic E-state index is 13.2. The SMILES string of the molecule is O=C(CCc1ccccc1)NCC(c1ccco1)N1CCN(c2ccc(F)cc2)CC1. The average molecular weight is 422 g/mol. The molecule has 4 rings (SSSR count). The fourth-order valence-electron chi connectivity index (χ4n) is 4.04. The number of amides is 1. The Bertz CT molecular complexity index is 937. The summed E-state index contributed by atoms with van der Waals surface area (Å²) >= 11 is 0. The lowest BCUT2D eigenvalue weighted by Crippen LogP contribution is -2.49. The molecule has 0 bridgehead atoms. The number of nitrogens with zero attached hydrogens (tertiary/aromatic N) is 2. The zero-order valence-corrected chi connectivity index (χ0v) is 17.5. The monoisotopic (exact) mass is 421 g/mol. The molecule has 1 unspecified atom stereocenters. The quantitative estimate of drug-likeness (QED) is 0.597. The summed E-state index contributed by atoms with van der Waals surface area (Å²) in [6.45, 7) is 3.86. The van der Waals surface area contributed by atoms with E-state index in [0.717, 1.165) is 49.6 Å². The smallest absolute Gasteiger partial charge is 0.220 e. The number of anilines is 1. The summed E-state index contributed by atoms with van der Waals surface area (Å²) in [6, 6.07) is 20.5. The van der Waals surface area contributed by atoms with Crippen LogP contribution in [0.15, 0.2) is 77.4 Å². The second-order valence-electron chi connectivity index (χ2n) is 7.82. The molecule has 1 atom stereocenters. The minimum Gasteiger partial charge on any atom is -0.468 e. The van der Waals surface area contributed by atoms with Crippen LogP contribution >= 0.6 is 0 Å². The van der Waals surface area contributed by atoms with Gasteiger partial charge in [-0.05, 0) is 48.4 Å². The topological polar surface area (TPSA) is 48.7 Å². The zero-order valence-electron chi connectivity index (χ0n) is 17.5. The lowest BCUT2D eigenvalue weighted by molar-refractivity contribution is -0.121. The summed E-state index contributed by atoms with van der Waals surface area (Å²) in [5, 5.41) is 3.09. The van der Waals surface area contributed by atoms with E-state index in [0.29, 0.717) is 13.0 Å². The molecule has 5 nitrogen and oxygen atoms in total. The number of hydrogen-bond acceptors (Lipinski definition) is 4. The molecule has 1 aliphatic heterocycles. The Labute approximate surface area is 182 Å². The van der Waals surface area contributed by atoms with Crippen molar-refractivity contribution in [1.82, 2.24) is 10.2 Å². The van der Waals surface area contributed by atoms with Crippen molar-refractivity contribution in [1.29, 1.82) is 0 Å². The van der Waals surface area contributed by atoms with E-state index >= 15 is 0 Å². The molecule has 0 aliphatic carbocycles. The van der Waals surface area contributed by atoms with Crippen molar-refractivity contribution >= 4 is 11.6 Å². The lowest BCUT2D eigenvalue weighted by Gasteiger charge is -2.39. The maximum atomic E-state index is 13.2. The van der Waals surface area contributed by atoms with Crippen LogP contribution in [0.25, 0.3) is 0 Å². The Hall–Kier alpha value is -3.12. The fourth-order valence-corrected chi connectivity index (χ4v) is 4.04. The van der Waals surface area contributed by atoms with E-state index in [4.69, 9.17) is 4.42 Å². The summed E-state index contributed by atoms with van der Waals surface area (Å²) in [6.07, 6.45) is 2.87. The molecule has 2 aromatic carbocycles. The van der Waals surface area contributed by atoms with Crippen molar-refractivity contribution in [3.63, 3.8) is 0 Å². The van der Waals surface area contributed by atoms with Gasteiger partial charge in [0.25, 0.3) is 0 Å². The number of halogens is 1. The minimum atomic E-state index is -0.219. The Morgan fingerprint density at radius 3 is 2.39 bits per heavy atom. The molecule has 31 heavy (non-hydrogen) atoms. The maximum Gasteiger partial charge on any atom is 0.220 e. The van der Waals surface area contributed by atoms with Crippen LogP contribution in [0.5, 0.6) is 0 Å². The largest absolute Gasteiger partial charge is 0.468 e. The highest BCUT2D eigenvalue weighted by Crippen LogP contribution is 2.24. The van der Waals surface area contributed by atoms with Gasteiger partial charge >= 0.3 is 0 Å². The van der Waals surface area contributed by atoms with Gasteiger partial charge in [0.05, 0.1) is 12.3 Å². The second kappa shape index (κ2) is 10.3. The van der Waals surface area contributed by atoms with E-state index in [1.165, 1.54) is 12.1 Å². The van der Waals surface area contributed by atoms with Crippen LogP contribution in [-0.4, -0.2) is 43.5 Å². The van der Waals surface area contributed by atoms with E-state index in [-0.39, 0.29) is 17.8 Å². The number of piperazine rings is 1. The van der Waals surface area contributed by atoms with Crippen LogP contribution in [0.4, 0.5) is 10.1 Å². The van der Waals surface area contributed by atoms with Gasteiger partial charge in [0.2, 0.25) is 5.91 Å². The summed E-state index contributed by atoms with van der Waals surface area (Å²) < 4.78 is 18.9. The highest BCUT2D eigenvalue weighted by atomic mass is 19.1. The molecule has 1 fully saturated rings. The van der Waals surface area contributed by atoms with Crippen molar-refractivity contribution < 1.29 is 13.6 Å². The molecule has 2 heterocycles. The predicted octanol–water partition coefficient (Wildman–Crippen LogP) is 4.03. The molecule has 162 valence electrons. The number of aryl methyl sites for hydroxylation is 1. The number of rotatable bonds is 8. The van der Waals surface area contributed by atoms with E-state index in [2.05, 4.69) is 15.1 Å². The van der Waals surface area contributed by atoms with Gasteiger partial charge < -0.3 is 14.6 Å². The second-order valence-corrected chi connectivity index (χ2v) is 7.82. The first-order valence-corrected chi connectivity index (χ1v) is 10.8. The summed E-state index contributed by atoms with van der Waals surface area (Å²) in [7, 11) is 0. The highest BCUT2D eigenvalue weighted by Gasteiger charge is 2.27. The van der Waals surface area contributed by atoms with E-state index in [1.54, 1.807) is 6.26 Å². The van der Waals surface area contributed by atoms with Gasteiger partial charge in [-0.3, -0.25) is 9.69 Å². The molecule has 0 radical (unpaired) electrons. The summed E-state index contributed by atoms with van der Waals surface area (Å²) in [5.41, 5.74) is 2.20.